The molecule has 2 N–H and O–H groups in total. The molecule has 6 heteroatoms. The first-order valence-electron chi connectivity index (χ1n) is 4.98. The van der Waals surface area contributed by atoms with Crippen LogP contribution >= 0.6 is 27.9 Å². The second-order valence-electron chi connectivity index (χ2n) is 3.68. The maximum absolute atomic E-state index is 11.0. The van der Waals surface area contributed by atoms with Crippen molar-refractivity contribution < 1.29 is 9.90 Å². The monoisotopic (exact) mass is 316 g/mol. The van der Waals surface area contributed by atoms with Gasteiger partial charge in [-0.1, -0.05) is 18.2 Å². The van der Waals surface area contributed by atoms with E-state index in [0.717, 1.165) is 19.9 Å². The van der Waals surface area contributed by atoms with Crippen molar-refractivity contribution in [1.82, 2.24) is 8.43 Å². The van der Waals surface area contributed by atoms with Gasteiger partial charge in [-0.25, -0.2) is 0 Å². The molecule has 1 aromatic carbocycles. The van der Waals surface area contributed by atoms with Crippen molar-refractivity contribution in [3.05, 3.63) is 36.0 Å². The van der Waals surface area contributed by atoms with Crippen molar-refractivity contribution in [3.63, 3.8) is 0 Å². The van der Waals surface area contributed by atoms with E-state index in [2.05, 4.69) is 21.1 Å². The molecule has 0 fully saturated rings. The topological polar surface area (TPSA) is 56.3 Å². The maximum atomic E-state index is 11.0. The molecule has 90 valence electrons. The van der Waals surface area contributed by atoms with Crippen molar-refractivity contribution in [1.29, 1.82) is 0 Å². The van der Waals surface area contributed by atoms with Crippen LogP contribution < -0.4 is 0 Å². The van der Waals surface area contributed by atoms with Gasteiger partial charge in [0, 0.05) is 39.7 Å². The van der Waals surface area contributed by atoms with Gasteiger partial charge in [0.1, 0.15) is 6.04 Å². The summed E-state index contributed by atoms with van der Waals surface area (Å²) >= 11 is 8.62. The van der Waals surface area contributed by atoms with Crippen LogP contribution in [0.3, 0.4) is 0 Å². The van der Waals surface area contributed by atoms with Crippen molar-refractivity contribution in [2.75, 3.05) is 0 Å². The normalized spacial score (nSPS) is 13.1. The molecule has 0 aliphatic heterocycles. The molecular weight excluding hydrogens is 307 g/mol. The van der Waals surface area contributed by atoms with Gasteiger partial charge in [0.25, 0.3) is 0 Å². The molecule has 4 nitrogen and oxygen atoms in total. The lowest BCUT2D eigenvalue weighted by Gasteiger charge is -2.14. The fourth-order valence-electron chi connectivity index (χ4n) is 1.75. The highest BCUT2D eigenvalue weighted by molar-refractivity contribution is 9.08. The van der Waals surface area contributed by atoms with Crippen LogP contribution in [0, 0.1) is 0 Å². The molecule has 1 aromatic heterocycles. The molecule has 0 spiro atoms. The van der Waals surface area contributed by atoms with E-state index in [-0.39, 0.29) is 0 Å². The lowest BCUT2D eigenvalue weighted by atomic mass is 10.1. The molecule has 0 aliphatic rings. The van der Waals surface area contributed by atoms with Gasteiger partial charge >= 0.3 is 5.97 Å². The first kappa shape index (κ1) is 12.4. The van der Waals surface area contributed by atoms with Crippen molar-refractivity contribution in [3.8, 4) is 0 Å². The smallest absolute Gasteiger partial charge is 0.323 e. The van der Waals surface area contributed by atoms with Crippen LogP contribution in [0.1, 0.15) is 5.56 Å². The molecule has 0 amide bonds. The van der Waals surface area contributed by atoms with Crippen molar-refractivity contribution >= 4 is 44.8 Å². The van der Waals surface area contributed by atoms with Gasteiger partial charge in [-0.05, 0) is 23.4 Å². The van der Waals surface area contributed by atoms with E-state index in [1.54, 1.807) is 0 Å². The number of aliphatic carboxylic acids is 1. The average Bonchev–Trinajstić information content (AvgIpc) is 2.68. The second kappa shape index (κ2) is 5.08. The van der Waals surface area contributed by atoms with Gasteiger partial charge in [-0.3, -0.25) is 4.79 Å². The van der Waals surface area contributed by atoms with Crippen LogP contribution in [0.15, 0.2) is 30.5 Å². The summed E-state index contributed by atoms with van der Waals surface area (Å²) < 4.78 is 1.01. The number of para-hydroxylation sites is 1. The number of nitrogens with one attached hydrogen (secondary N) is 1. The number of nitrogens with zero attached hydrogens (tertiary/aromatic N) is 1. The SMILES string of the molecule is O=C(O)C(Cc1c[nH]c2ccccc12)N(Cl)Br. The maximum Gasteiger partial charge on any atom is 0.323 e. The number of halogens is 2. The molecule has 0 saturated carbocycles. The number of carbonyl (C=O) groups is 1. The van der Waals surface area contributed by atoms with E-state index in [4.69, 9.17) is 16.9 Å². The lowest BCUT2D eigenvalue weighted by molar-refractivity contribution is -0.140. The summed E-state index contributed by atoms with van der Waals surface area (Å²) in [6, 6.07) is 6.93. The molecule has 0 aliphatic carbocycles. The van der Waals surface area contributed by atoms with Gasteiger partial charge in [-0.15, -0.1) is 3.45 Å². The highest BCUT2D eigenvalue weighted by Crippen LogP contribution is 2.22. The van der Waals surface area contributed by atoms with E-state index in [0.29, 0.717) is 6.42 Å². The number of carboxylic acids is 1. The van der Waals surface area contributed by atoms with Crippen molar-refractivity contribution in [2.24, 2.45) is 0 Å². The Balaban J connectivity index is 2.31. The third-order valence-electron chi connectivity index (χ3n) is 2.61. The fourth-order valence-corrected chi connectivity index (χ4v) is 2.22. The second-order valence-corrected chi connectivity index (χ2v) is 5.21. The van der Waals surface area contributed by atoms with E-state index in [9.17, 15) is 4.79 Å². The van der Waals surface area contributed by atoms with Crippen LogP contribution in [0.25, 0.3) is 10.9 Å². The van der Waals surface area contributed by atoms with E-state index in [1.165, 1.54) is 0 Å². The molecule has 2 aromatic rings. The van der Waals surface area contributed by atoms with Gasteiger partial charge in [-0.2, -0.15) is 0 Å². The number of hydrogen-bond donors (Lipinski definition) is 2. The highest BCUT2D eigenvalue weighted by Gasteiger charge is 2.24. The van der Waals surface area contributed by atoms with E-state index < -0.39 is 12.0 Å². The Hall–Kier alpha value is -1.04. The molecule has 0 saturated heterocycles. The first-order valence-corrected chi connectivity index (χ1v) is 6.03. The van der Waals surface area contributed by atoms with Gasteiger partial charge in [0.05, 0.1) is 0 Å². The third kappa shape index (κ3) is 2.62. The van der Waals surface area contributed by atoms with Gasteiger partial charge in [0.2, 0.25) is 0 Å². The summed E-state index contributed by atoms with van der Waals surface area (Å²) in [7, 11) is 0. The van der Waals surface area contributed by atoms with Gasteiger partial charge < -0.3 is 10.1 Å². The largest absolute Gasteiger partial charge is 0.480 e. The number of H-pyrrole nitrogens is 1. The van der Waals surface area contributed by atoms with Gasteiger partial charge in [0.15, 0.2) is 0 Å². The summed E-state index contributed by atoms with van der Waals surface area (Å²) in [6.45, 7) is 0. The first-order chi connectivity index (χ1) is 8.09. The van der Waals surface area contributed by atoms with Crippen LogP contribution in [-0.4, -0.2) is 25.5 Å². The minimum Gasteiger partial charge on any atom is -0.480 e. The summed E-state index contributed by atoms with van der Waals surface area (Å²) in [6.07, 6.45) is 2.14. The Labute approximate surface area is 112 Å². The van der Waals surface area contributed by atoms with Crippen molar-refractivity contribution in [2.45, 2.75) is 12.5 Å². The van der Waals surface area contributed by atoms with Crippen LogP contribution in [0.5, 0.6) is 0 Å². The minimum atomic E-state index is -0.970. The Bertz CT molecular complexity index is 541. The standard InChI is InChI=1S/C11H10BrClN2O2/c12-15(13)10(11(16)17)5-7-6-14-9-4-2-1-3-8(7)9/h1-4,6,10,14H,5H2,(H,16,17). The Morgan fingerprint density at radius 2 is 2.24 bits per heavy atom. The number of hydrogen-bond acceptors (Lipinski definition) is 2. The Morgan fingerprint density at radius 1 is 1.53 bits per heavy atom. The molecule has 17 heavy (non-hydrogen) atoms. The van der Waals surface area contributed by atoms with Crippen LogP contribution in [0.2, 0.25) is 0 Å². The Kier molecular flexibility index (Phi) is 3.71. The molecule has 0 bridgehead atoms. The summed E-state index contributed by atoms with van der Waals surface area (Å²) in [5, 5.41) is 10.1. The van der Waals surface area contributed by atoms with Crippen LogP contribution in [0.4, 0.5) is 0 Å². The molecule has 1 unspecified atom stereocenters. The molecule has 0 radical (unpaired) electrons. The summed E-state index contributed by atoms with van der Waals surface area (Å²) in [5.74, 6) is -0.970. The zero-order valence-corrected chi connectivity index (χ0v) is 11.1. The van der Waals surface area contributed by atoms with E-state index >= 15 is 0 Å². The average molecular weight is 318 g/mol. The van der Waals surface area contributed by atoms with E-state index in [1.807, 2.05) is 30.5 Å². The lowest BCUT2D eigenvalue weighted by Crippen LogP contribution is -2.31. The number of aromatic nitrogens is 1. The molecule has 1 atom stereocenters. The van der Waals surface area contributed by atoms with Crippen LogP contribution in [-0.2, 0) is 11.2 Å². The fraction of sp³-hybridized carbons (Fsp3) is 0.182. The highest BCUT2D eigenvalue weighted by atomic mass is 79.9. The minimum absolute atomic E-state index is 0.327. The number of fused-ring (bicyclic) bond motifs is 1. The molecule has 1 heterocycles. The Morgan fingerprint density at radius 3 is 2.88 bits per heavy atom. The third-order valence-corrected chi connectivity index (χ3v) is 3.34. The number of rotatable bonds is 4. The molecular formula is C11H10BrClN2O2. The predicted octanol–water partition coefficient (Wildman–Crippen LogP) is 2.93. The zero-order chi connectivity index (χ0) is 12.4. The number of carboxylic acid groups (broad SMARTS) is 1. The summed E-state index contributed by atoms with van der Waals surface area (Å²) in [4.78, 5) is 14.1. The summed E-state index contributed by atoms with van der Waals surface area (Å²) in [5.41, 5.74) is 1.92. The molecule has 2 rings (SSSR count). The predicted molar refractivity (Wildman–Crippen MR) is 70.0 cm³/mol. The zero-order valence-electron chi connectivity index (χ0n) is 8.73. The number of benzene rings is 1. The quantitative estimate of drug-likeness (QED) is 0.853. The number of aromatic amines is 1.